The molecule has 2 amide bonds. The number of methoxy groups -OCH3 is 1. The molecule has 0 saturated carbocycles. The lowest BCUT2D eigenvalue weighted by Crippen LogP contribution is -2.23. The molecule has 0 saturated heterocycles. The number of halogens is 3. The van der Waals surface area contributed by atoms with Gasteiger partial charge in [0.2, 0.25) is 0 Å². The lowest BCUT2D eigenvalue weighted by Gasteiger charge is -2.12. The summed E-state index contributed by atoms with van der Waals surface area (Å²) < 4.78 is 51.0. The van der Waals surface area contributed by atoms with Crippen LogP contribution in [0.3, 0.4) is 0 Å². The van der Waals surface area contributed by atoms with Crippen molar-refractivity contribution in [2.24, 2.45) is 0 Å². The predicted octanol–water partition coefficient (Wildman–Crippen LogP) is 3.53. The molecule has 1 aromatic heterocycles. The van der Waals surface area contributed by atoms with E-state index < -0.39 is 29.5 Å². The topological polar surface area (TPSA) is 110 Å². The largest absolute Gasteiger partial charge is 0.465 e. The van der Waals surface area contributed by atoms with E-state index in [1.165, 1.54) is 37.6 Å². The molecule has 0 aliphatic carbocycles. The minimum atomic E-state index is -4.60. The van der Waals surface area contributed by atoms with E-state index in [1.54, 1.807) is 0 Å². The molecule has 3 rings (SSSR count). The van der Waals surface area contributed by atoms with Gasteiger partial charge in [-0.25, -0.2) is 4.79 Å². The summed E-state index contributed by atoms with van der Waals surface area (Å²) in [5.41, 5.74) is -0.410. The van der Waals surface area contributed by atoms with Crippen LogP contribution in [-0.4, -0.2) is 33.6 Å². The quantitative estimate of drug-likeness (QED) is 0.540. The monoisotopic (exact) mass is 464 g/mol. The van der Waals surface area contributed by atoms with Gasteiger partial charge in [-0.2, -0.15) is 21.9 Å². The number of ether oxygens (including phenoxy) is 1. The predicted molar refractivity (Wildman–Crippen MR) is 108 cm³/mol. The average Bonchev–Trinajstić information content (AvgIpc) is 3.31. The van der Waals surface area contributed by atoms with E-state index in [4.69, 9.17) is 4.74 Å². The number of alkyl halides is 3. The molecule has 0 spiro atoms. The normalized spacial score (nSPS) is 11.0. The third-order valence-electron chi connectivity index (χ3n) is 4.17. The average molecular weight is 464 g/mol. The maximum Gasteiger partial charge on any atom is 0.416 e. The van der Waals surface area contributed by atoms with Gasteiger partial charge in [0.1, 0.15) is 0 Å². The molecule has 0 bridgehead atoms. The Morgan fingerprint density at radius 2 is 1.84 bits per heavy atom. The van der Waals surface area contributed by atoms with Crippen LogP contribution in [0.25, 0.3) is 0 Å². The highest BCUT2D eigenvalue weighted by Gasteiger charge is 2.31. The number of rotatable bonds is 6. The number of carbonyl (C=O) groups is 3. The number of anilines is 1. The summed E-state index contributed by atoms with van der Waals surface area (Å²) in [5, 5.41) is 5.06. The van der Waals surface area contributed by atoms with Crippen LogP contribution in [0.1, 0.15) is 42.3 Å². The van der Waals surface area contributed by atoms with Gasteiger partial charge in [-0.3, -0.25) is 9.59 Å². The molecule has 0 atom stereocenters. The van der Waals surface area contributed by atoms with Crippen molar-refractivity contribution >= 4 is 35.2 Å². The third kappa shape index (κ3) is 5.66. The molecule has 3 aromatic rings. The van der Waals surface area contributed by atoms with Crippen molar-refractivity contribution in [3.05, 3.63) is 76.6 Å². The number of hydrogen-bond acceptors (Lipinski definition) is 7. The molecule has 1 heterocycles. The maximum absolute atomic E-state index is 12.9. The third-order valence-corrected chi connectivity index (χ3v) is 4.65. The zero-order valence-corrected chi connectivity index (χ0v) is 17.2. The van der Waals surface area contributed by atoms with Crippen molar-refractivity contribution in [3.63, 3.8) is 0 Å². The van der Waals surface area contributed by atoms with Crippen LogP contribution in [-0.2, 0) is 17.5 Å². The molecule has 12 heteroatoms. The van der Waals surface area contributed by atoms with Gasteiger partial charge in [0, 0.05) is 17.8 Å². The summed E-state index contributed by atoms with van der Waals surface area (Å²) in [7, 11) is 1.17. The van der Waals surface area contributed by atoms with Gasteiger partial charge in [-0.15, -0.1) is 0 Å². The molecule has 8 nitrogen and oxygen atoms in total. The van der Waals surface area contributed by atoms with Crippen LogP contribution in [0.4, 0.5) is 18.9 Å². The highest BCUT2D eigenvalue weighted by Crippen LogP contribution is 2.29. The minimum Gasteiger partial charge on any atom is -0.465 e. The summed E-state index contributed by atoms with van der Waals surface area (Å²) in [6, 6.07) is 8.17. The molecule has 0 unspecified atom stereocenters. The molecule has 2 aromatic carbocycles. The van der Waals surface area contributed by atoms with Crippen LogP contribution >= 0.6 is 11.7 Å². The highest BCUT2D eigenvalue weighted by atomic mass is 32.1. The zero-order chi connectivity index (χ0) is 23.3. The van der Waals surface area contributed by atoms with E-state index in [-0.39, 0.29) is 29.1 Å². The number of carbonyl (C=O) groups excluding carboxylic acids is 3. The lowest BCUT2D eigenvalue weighted by atomic mass is 10.1. The van der Waals surface area contributed by atoms with E-state index in [0.717, 1.165) is 29.9 Å². The second kappa shape index (κ2) is 9.56. The van der Waals surface area contributed by atoms with Gasteiger partial charge in [0.15, 0.2) is 5.69 Å². The van der Waals surface area contributed by atoms with E-state index in [0.29, 0.717) is 5.56 Å². The maximum atomic E-state index is 12.9. The van der Waals surface area contributed by atoms with E-state index in [1.807, 2.05) is 0 Å². The van der Waals surface area contributed by atoms with Crippen molar-refractivity contribution in [1.29, 1.82) is 0 Å². The first-order valence-electron chi connectivity index (χ1n) is 8.94. The van der Waals surface area contributed by atoms with Crippen molar-refractivity contribution in [2.75, 3.05) is 12.4 Å². The van der Waals surface area contributed by atoms with Crippen LogP contribution < -0.4 is 10.6 Å². The SMILES string of the molecule is COC(=O)c1cc(CNC(=O)c2cnsn2)cc(NC(=O)c2cccc(C(F)(F)F)c2)c1. The van der Waals surface area contributed by atoms with Gasteiger partial charge >= 0.3 is 12.1 Å². The Kier molecular flexibility index (Phi) is 6.83. The molecule has 0 fully saturated rings. The number of benzene rings is 2. The van der Waals surface area contributed by atoms with Gasteiger partial charge in [0.05, 0.1) is 36.2 Å². The lowest BCUT2D eigenvalue weighted by molar-refractivity contribution is -0.137. The number of aromatic nitrogens is 2. The first kappa shape index (κ1) is 22.9. The fourth-order valence-electron chi connectivity index (χ4n) is 2.68. The number of hydrogen-bond donors (Lipinski definition) is 2. The van der Waals surface area contributed by atoms with Crippen LogP contribution in [0, 0.1) is 0 Å². The first-order valence-corrected chi connectivity index (χ1v) is 9.67. The summed E-state index contributed by atoms with van der Waals surface area (Å²) >= 11 is 0.869. The van der Waals surface area contributed by atoms with Crippen molar-refractivity contribution in [3.8, 4) is 0 Å². The Morgan fingerprint density at radius 3 is 2.50 bits per heavy atom. The number of esters is 1. The van der Waals surface area contributed by atoms with E-state index >= 15 is 0 Å². The minimum absolute atomic E-state index is 0.0202. The number of nitrogens with one attached hydrogen (secondary N) is 2. The molecular formula is C20H15F3N4O4S. The second-order valence-corrected chi connectivity index (χ2v) is 6.97. The molecular weight excluding hydrogens is 449 g/mol. The van der Waals surface area contributed by atoms with Crippen LogP contribution in [0.2, 0.25) is 0 Å². The standard InChI is InChI=1S/C20H15F3N4O4S/c1-31-19(30)13-5-11(9-24-18(29)16-10-25-32-27-16)6-15(8-13)26-17(28)12-3-2-4-14(7-12)20(21,22)23/h2-8,10H,9H2,1H3,(H,24,29)(H,26,28). The van der Waals surface area contributed by atoms with Gasteiger partial charge in [0.25, 0.3) is 11.8 Å². The Morgan fingerprint density at radius 1 is 1.06 bits per heavy atom. The second-order valence-electron chi connectivity index (χ2n) is 6.42. The van der Waals surface area contributed by atoms with Gasteiger partial charge in [-0.05, 0) is 42.0 Å². The Hall–Kier alpha value is -3.80. The molecule has 32 heavy (non-hydrogen) atoms. The number of nitrogens with zero attached hydrogens (tertiary/aromatic N) is 2. The first-order chi connectivity index (χ1) is 15.2. The van der Waals surface area contributed by atoms with E-state index in [9.17, 15) is 27.6 Å². The molecule has 0 radical (unpaired) electrons. The summed E-state index contributed by atoms with van der Waals surface area (Å²) in [4.78, 5) is 36.5. The summed E-state index contributed by atoms with van der Waals surface area (Å²) in [6.45, 7) is -0.0202. The smallest absolute Gasteiger partial charge is 0.416 e. The Labute approximate surface area is 183 Å². The summed E-state index contributed by atoms with van der Waals surface area (Å²) in [6.07, 6.45) is -3.30. The molecule has 0 aliphatic heterocycles. The molecule has 2 N–H and O–H groups in total. The molecule has 166 valence electrons. The van der Waals surface area contributed by atoms with Crippen molar-refractivity contribution in [1.82, 2.24) is 14.1 Å². The highest BCUT2D eigenvalue weighted by molar-refractivity contribution is 6.99. The van der Waals surface area contributed by atoms with Crippen LogP contribution in [0.5, 0.6) is 0 Å². The van der Waals surface area contributed by atoms with Crippen molar-refractivity contribution < 1.29 is 32.3 Å². The van der Waals surface area contributed by atoms with Crippen LogP contribution in [0.15, 0.2) is 48.7 Å². The fraction of sp³-hybridized carbons (Fsp3) is 0.150. The zero-order valence-electron chi connectivity index (χ0n) is 16.4. The van der Waals surface area contributed by atoms with Gasteiger partial charge in [-0.1, -0.05) is 6.07 Å². The fourth-order valence-corrected chi connectivity index (χ4v) is 3.09. The molecule has 0 aliphatic rings. The Balaban J connectivity index is 1.82. The number of amides is 2. The Bertz CT molecular complexity index is 1150. The summed E-state index contributed by atoms with van der Waals surface area (Å²) in [5.74, 6) is -1.99. The van der Waals surface area contributed by atoms with Crippen molar-refractivity contribution in [2.45, 2.75) is 12.7 Å². The van der Waals surface area contributed by atoms with E-state index in [2.05, 4.69) is 19.4 Å². The van der Waals surface area contributed by atoms with Gasteiger partial charge < -0.3 is 15.4 Å².